The third-order valence-corrected chi connectivity index (χ3v) is 5.83. The topological polar surface area (TPSA) is 105 Å². The summed E-state index contributed by atoms with van der Waals surface area (Å²) in [6.07, 6.45) is 1.40. The molecule has 0 aliphatic rings. The Labute approximate surface area is 190 Å². The van der Waals surface area contributed by atoms with E-state index in [1.54, 1.807) is 35.8 Å². The molecule has 31 heavy (non-hydrogen) atoms. The fourth-order valence-electron chi connectivity index (χ4n) is 2.92. The number of carbonyl (C=O) groups is 2. The van der Waals surface area contributed by atoms with Gasteiger partial charge >= 0.3 is 0 Å². The van der Waals surface area contributed by atoms with Crippen LogP contribution in [0, 0.1) is 4.77 Å². The second kappa shape index (κ2) is 8.88. The normalized spacial score (nSPS) is 11.8. The van der Waals surface area contributed by atoms with Gasteiger partial charge in [0, 0.05) is 5.02 Å². The fourth-order valence-corrected chi connectivity index (χ4v) is 4.09. The molecule has 0 fully saturated rings. The molecule has 158 valence electrons. The Hall–Kier alpha value is -3.21. The molecule has 8 nitrogen and oxygen atoms in total. The van der Waals surface area contributed by atoms with Crippen LogP contribution in [0.25, 0.3) is 10.7 Å². The number of halogens is 1. The van der Waals surface area contributed by atoms with Crippen LogP contribution in [0.15, 0.2) is 58.5 Å². The summed E-state index contributed by atoms with van der Waals surface area (Å²) in [5.41, 5.74) is 0.720. The van der Waals surface area contributed by atoms with Crippen LogP contribution in [0.1, 0.15) is 23.5 Å². The highest BCUT2D eigenvalue weighted by molar-refractivity contribution is 7.71. The summed E-state index contributed by atoms with van der Waals surface area (Å²) >= 11 is 12.9. The Kier molecular flexibility index (Phi) is 6.03. The van der Waals surface area contributed by atoms with Crippen LogP contribution < -0.4 is 10.6 Å². The van der Waals surface area contributed by atoms with Gasteiger partial charge in [-0.2, -0.15) is 5.10 Å². The predicted octanol–water partition coefficient (Wildman–Crippen LogP) is 5.37. The Bertz CT molecular complexity index is 1280. The van der Waals surface area contributed by atoms with Gasteiger partial charge in [-0.25, -0.2) is 0 Å². The number of H-pyrrole nitrogens is 1. The van der Waals surface area contributed by atoms with Gasteiger partial charge in [-0.3, -0.25) is 19.3 Å². The van der Waals surface area contributed by atoms with Crippen LogP contribution in [0.4, 0.5) is 11.4 Å². The van der Waals surface area contributed by atoms with Gasteiger partial charge in [-0.15, -0.1) is 11.3 Å². The molecule has 2 amide bonds. The Morgan fingerprint density at radius 2 is 2.06 bits per heavy atom. The van der Waals surface area contributed by atoms with Gasteiger partial charge in [0.2, 0.25) is 5.91 Å². The average Bonchev–Trinajstić information content (AvgIpc) is 3.51. The Balaban J connectivity index is 1.59. The van der Waals surface area contributed by atoms with Crippen LogP contribution in [0.2, 0.25) is 5.02 Å². The summed E-state index contributed by atoms with van der Waals surface area (Å²) in [5.74, 6) is -0.0972. The first-order valence-electron chi connectivity index (χ1n) is 9.10. The lowest BCUT2D eigenvalue weighted by molar-refractivity contribution is -0.118. The highest BCUT2D eigenvalue weighted by atomic mass is 35.5. The molecule has 4 rings (SSSR count). The number of aromatic amines is 1. The first-order chi connectivity index (χ1) is 14.9. The molecule has 1 atom stereocenters. The second-order valence-corrected chi connectivity index (χ2v) is 8.26. The summed E-state index contributed by atoms with van der Waals surface area (Å²) < 4.78 is 7.08. The number of carbonyl (C=O) groups excluding carboxylic acids is 2. The molecule has 0 spiro atoms. The number of hydrogen-bond donors (Lipinski definition) is 3. The van der Waals surface area contributed by atoms with E-state index in [4.69, 9.17) is 28.2 Å². The molecule has 0 saturated carbocycles. The zero-order valence-electron chi connectivity index (χ0n) is 16.1. The highest BCUT2D eigenvalue weighted by Gasteiger charge is 2.23. The van der Waals surface area contributed by atoms with Crippen molar-refractivity contribution in [2.45, 2.75) is 13.0 Å². The minimum Gasteiger partial charge on any atom is -0.459 e. The first kappa shape index (κ1) is 21.0. The van der Waals surface area contributed by atoms with E-state index in [0.29, 0.717) is 27.0 Å². The third kappa shape index (κ3) is 4.46. The first-order valence-corrected chi connectivity index (χ1v) is 10.8. The maximum atomic E-state index is 13.1. The number of thiophene rings is 1. The van der Waals surface area contributed by atoms with Crippen molar-refractivity contribution < 1.29 is 14.0 Å². The largest absolute Gasteiger partial charge is 0.459 e. The Morgan fingerprint density at radius 3 is 2.77 bits per heavy atom. The van der Waals surface area contributed by atoms with E-state index in [1.165, 1.54) is 23.7 Å². The lowest BCUT2D eigenvalue weighted by atomic mass is 10.2. The number of benzene rings is 1. The van der Waals surface area contributed by atoms with E-state index in [-0.39, 0.29) is 11.7 Å². The van der Waals surface area contributed by atoms with Crippen LogP contribution in [-0.4, -0.2) is 26.6 Å². The van der Waals surface area contributed by atoms with Gasteiger partial charge in [-0.1, -0.05) is 17.7 Å². The number of nitrogens with one attached hydrogen (secondary N) is 3. The van der Waals surface area contributed by atoms with E-state index in [9.17, 15) is 9.59 Å². The summed E-state index contributed by atoms with van der Waals surface area (Å²) in [6.45, 7) is 1.72. The number of aromatic nitrogens is 3. The average molecular weight is 474 g/mol. The molecule has 0 aliphatic heterocycles. The zero-order valence-corrected chi connectivity index (χ0v) is 18.5. The van der Waals surface area contributed by atoms with Gasteiger partial charge in [0.05, 0.1) is 22.5 Å². The van der Waals surface area contributed by atoms with Gasteiger partial charge < -0.3 is 15.1 Å². The molecule has 3 aromatic heterocycles. The minimum absolute atomic E-state index is 0.135. The van der Waals surface area contributed by atoms with Crippen molar-refractivity contribution in [3.8, 4) is 10.7 Å². The van der Waals surface area contributed by atoms with Crippen LogP contribution in [0.5, 0.6) is 0 Å². The van der Waals surface area contributed by atoms with E-state index in [0.717, 1.165) is 4.88 Å². The zero-order chi connectivity index (χ0) is 22.0. The molecule has 3 N–H and O–H groups in total. The van der Waals surface area contributed by atoms with Gasteiger partial charge in [0.1, 0.15) is 6.04 Å². The summed E-state index contributed by atoms with van der Waals surface area (Å²) in [4.78, 5) is 26.3. The lowest BCUT2D eigenvalue weighted by Gasteiger charge is -2.17. The predicted molar refractivity (Wildman–Crippen MR) is 122 cm³/mol. The van der Waals surface area contributed by atoms with Crippen molar-refractivity contribution >= 4 is 58.3 Å². The number of rotatable bonds is 6. The maximum absolute atomic E-state index is 13.1. The maximum Gasteiger partial charge on any atom is 0.291 e. The molecule has 1 unspecified atom stereocenters. The van der Waals surface area contributed by atoms with Crippen LogP contribution in [0.3, 0.4) is 0 Å². The summed E-state index contributed by atoms with van der Waals surface area (Å²) in [7, 11) is 0. The van der Waals surface area contributed by atoms with E-state index < -0.39 is 11.9 Å². The van der Waals surface area contributed by atoms with Crippen molar-refractivity contribution in [2.75, 3.05) is 10.6 Å². The molecule has 11 heteroatoms. The molecule has 4 aromatic rings. The number of amides is 2. The molecule has 0 aliphatic carbocycles. The number of nitrogens with zero attached hydrogens (tertiary/aromatic N) is 2. The van der Waals surface area contributed by atoms with E-state index in [1.807, 2.05) is 17.5 Å². The van der Waals surface area contributed by atoms with Crippen molar-refractivity contribution in [2.24, 2.45) is 0 Å². The fraction of sp³-hybridized carbons (Fsp3) is 0.100. The van der Waals surface area contributed by atoms with Crippen molar-refractivity contribution in [1.29, 1.82) is 0 Å². The number of anilines is 2. The molecule has 0 radical (unpaired) electrons. The van der Waals surface area contributed by atoms with Crippen LogP contribution in [-0.2, 0) is 4.79 Å². The van der Waals surface area contributed by atoms with E-state index in [2.05, 4.69) is 20.8 Å². The van der Waals surface area contributed by atoms with Gasteiger partial charge in [0.15, 0.2) is 16.4 Å². The minimum atomic E-state index is -0.673. The van der Waals surface area contributed by atoms with Crippen molar-refractivity contribution in [3.63, 3.8) is 0 Å². The molecule has 1 aromatic carbocycles. The smallest absolute Gasteiger partial charge is 0.291 e. The third-order valence-electron chi connectivity index (χ3n) is 4.45. The molecular formula is C20H16ClN5O3S2. The molecular weight excluding hydrogens is 458 g/mol. The SMILES string of the molecule is CC(C(=O)Nc1ccc(Cl)cc1NC(=O)c1ccco1)n1c(-c2cccs2)n[nH]c1=S. The summed E-state index contributed by atoms with van der Waals surface area (Å²) in [5, 5.41) is 14.9. The molecule has 0 bridgehead atoms. The molecule has 0 saturated heterocycles. The van der Waals surface area contributed by atoms with Crippen molar-refractivity contribution in [3.05, 3.63) is 69.7 Å². The molecule has 3 heterocycles. The second-order valence-electron chi connectivity index (χ2n) is 6.49. The highest BCUT2D eigenvalue weighted by Crippen LogP contribution is 2.29. The van der Waals surface area contributed by atoms with E-state index >= 15 is 0 Å². The Morgan fingerprint density at radius 1 is 1.23 bits per heavy atom. The van der Waals surface area contributed by atoms with Crippen LogP contribution >= 0.6 is 35.2 Å². The standard InChI is InChI=1S/C20H16ClN5O3S2/c1-11(26-17(24-25-20(26)30)16-5-3-9-31-16)18(27)22-13-7-6-12(21)10-14(13)23-19(28)15-4-2-8-29-15/h2-11H,1H3,(H,22,27)(H,23,28)(H,25,30). The number of furan rings is 1. The number of hydrogen-bond acceptors (Lipinski definition) is 6. The quantitative estimate of drug-likeness (QED) is 0.326. The van der Waals surface area contributed by atoms with Gasteiger partial charge in [-0.05, 0) is 60.9 Å². The monoisotopic (exact) mass is 473 g/mol. The summed E-state index contributed by atoms with van der Waals surface area (Å²) in [6, 6.07) is 11.0. The van der Waals surface area contributed by atoms with Crippen molar-refractivity contribution in [1.82, 2.24) is 14.8 Å². The lowest BCUT2D eigenvalue weighted by Crippen LogP contribution is -2.25. The van der Waals surface area contributed by atoms with Gasteiger partial charge in [0.25, 0.3) is 5.91 Å².